The molecular weight excluding hydrogens is 613 g/mol. The molecule has 10 nitrogen and oxygen atoms in total. The summed E-state index contributed by atoms with van der Waals surface area (Å²) in [6, 6.07) is 13.4. The fraction of sp³-hybridized carbons (Fsp3) is 0.382. The first-order valence-corrected chi connectivity index (χ1v) is 15.5. The van der Waals surface area contributed by atoms with Crippen LogP contribution < -0.4 is 10.6 Å². The number of nitrogens with one attached hydrogen (secondary N) is 2. The predicted molar refractivity (Wildman–Crippen MR) is 167 cm³/mol. The molecule has 2 aliphatic heterocycles. The fourth-order valence-corrected chi connectivity index (χ4v) is 6.30. The third-order valence-electron chi connectivity index (χ3n) is 8.81. The van der Waals surface area contributed by atoms with Crippen molar-refractivity contribution in [1.29, 1.82) is 0 Å². The van der Waals surface area contributed by atoms with Crippen molar-refractivity contribution in [1.82, 2.24) is 25.0 Å². The number of likely N-dealkylation sites (tertiary alicyclic amines) is 1. The highest BCUT2D eigenvalue weighted by Gasteiger charge is 2.33. The minimum atomic E-state index is -4.61. The lowest BCUT2D eigenvalue weighted by Gasteiger charge is -2.32. The number of hydrogen-bond acceptors (Lipinski definition) is 7. The molecule has 13 heteroatoms. The number of alkyl halides is 3. The molecule has 2 fully saturated rings. The van der Waals surface area contributed by atoms with E-state index in [1.165, 1.54) is 0 Å². The number of aliphatic hydroxyl groups is 1. The summed E-state index contributed by atoms with van der Waals surface area (Å²) in [5, 5.41) is 21.6. The SMILES string of the molecule is CC(C)(O)c1cc2nn(C3CCN(Cc4cccc(C5CCC(=O)NC5=O)c4)CC3)cc2cc1NC(=O)c1ccc(C(F)(F)F)nc1. The molecule has 2 aromatic carbocycles. The van der Waals surface area contributed by atoms with Crippen molar-refractivity contribution in [3.05, 3.63) is 88.9 Å². The van der Waals surface area contributed by atoms with Crippen LogP contribution in [-0.4, -0.2) is 55.6 Å². The number of anilines is 1. The largest absolute Gasteiger partial charge is 0.433 e. The van der Waals surface area contributed by atoms with E-state index in [2.05, 4.69) is 26.6 Å². The van der Waals surface area contributed by atoms with Crippen molar-refractivity contribution in [3.8, 4) is 0 Å². The summed E-state index contributed by atoms with van der Waals surface area (Å²) in [5.74, 6) is -1.44. The van der Waals surface area contributed by atoms with Gasteiger partial charge in [-0.15, -0.1) is 0 Å². The lowest BCUT2D eigenvalue weighted by molar-refractivity contribution is -0.141. The van der Waals surface area contributed by atoms with Crippen LogP contribution in [0.1, 0.15) is 84.2 Å². The summed E-state index contributed by atoms with van der Waals surface area (Å²) in [7, 11) is 0. The second-order valence-corrected chi connectivity index (χ2v) is 12.8. The highest BCUT2D eigenvalue weighted by atomic mass is 19.4. The Hall–Kier alpha value is -4.62. The van der Waals surface area contributed by atoms with E-state index in [0.717, 1.165) is 67.3 Å². The van der Waals surface area contributed by atoms with Gasteiger partial charge in [0.05, 0.1) is 28.6 Å². The Morgan fingerprint density at radius 3 is 2.49 bits per heavy atom. The molecule has 4 aromatic rings. The number of carbonyl (C=O) groups is 3. The van der Waals surface area contributed by atoms with Gasteiger partial charge in [-0.1, -0.05) is 24.3 Å². The Morgan fingerprint density at radius 1 is 1.06 bits per heavy atom. The summed E-state index contributed by atoms with van der Waals surface area (Å²) in [6.45, 7) is 5.57. The molecule has 1 unspecified atom stereocenters. The average Bonchev–Trinajstić information content (AvgIpc) is 3.43. The number of piperidine rings is 2. The molecule has 1 atom stereocenters. The lowest BCUT2D eigenvalue weighted by Crippen LogP contribution is -2.39. The van der Waals surface area contributed by atoms with Gasteiger partial charge in [0.1, 0.15) is 5.69 Å². The molecule has 246 valence electrons. The predicted octanol–water partition coefficient (Wildman–Crippen LogP) is 5.29. The second kappa shape index (κ2) is 12.5. The fourth-order valence-electron chi connectivity index (χ4n) is 6.30. The van der Waals surface area contributed by atoms with Gasteiger partial charge in [0.25, 0.3) is 5.91 Å². The standard InChI is InChI=1S/C34H35F3N6O4/c1-33(2,47)26-16-27-23(15-28(26)39-31(45)22-6-8-29(38-17-22)34(35,36)37)19-43(41-27)24-10-12-42(13-11-24)18-20-4-3-5-21(14-20)25-7-9-30(44)40-32(25)46/h3-6,8,14-17,19,24-25,47H,7,9-13,18H2,1-2H3,(H,39,45)(H,40,44,46). The van der Waals surface area contributed by atoms with Crippen molar-refractivity contribution in [3.63, 3.8) is 0 Å². The molecular formula is C34H35F3N6O4. The zero-order valence-electron chi connectivity index (χ0n) is 26.0. The summed E-state index contributed by atoms with van der Waals surface area (Å²) < 4.78 is 40.7. The van der Waals surface area contributed by atoms with Crippen LogP contribution in [0.15, 0.2) is 60.9 Å². The molecule has 0 spiro atoms. The summed E-state index contributed by atoms with van der Waals surface area (Å²) in [5.41, 5.74) is 0.916. The molecule has 3 amide bonds. The number of amides is 3. The molecule has 2 aromatic heterocycles. The monoisotopic (exact) mass is 648 g/mol. The number of fused-ring (bicyclic) bond motifs is 1. The van der Waals surface area contributed by atoms with Gasteiger partial charge >= 0.3 is 6.18 Å². The zero-order chi connectivity index (χ0) is 33.5. The first kappa shape index (κ1) is 32.3. The van der Waals surface area contributed by atoms with Crippen molar-refractivity contribution in [2.45, 2.75) is 69.8 Å². The molecule has 47 heavy (non-hydrogen) atoms. The third-order valence-corrected chi connectivity index (χ3v) is 8.81. The van der Waals surface area contributed by atoms with E-state index in [4.69, 9.17) is 5.10 Å². The highest BCUT2D eigenvalue weighted by Crippen LogP contribution is 2.34. The van der Waals surface area contributed by atoms with Crippen molar-refractivity contribution >= 4 is 34.3 Å². The Bertz CT molecular complexity index is 1820. The van der Waals surface area contributed by atoms with E-state index in [1.807, 2.05) is 29.1 Å². The van der Waals surface area contributed by atoms with Crippen molar-refractivity contribution in [2.24, 2.45) is 0 Å². The van der Waals surface area contributed by atoms with Crippen LogP contribution in [0.5, 0.6) is 0 Å². The maximum absolute atomic E-state index is 13.0. The van der Waals surface area contributed by atoms with E-state index in [-0.39, 0.29) is 29.3 Å². The van der Waals surface area contributed by atoms with Gasteiger partial charge < -0.3 is 10.4 Å². The lowest BCUT2D eigenvalue weighted by atomic mass is 9.89. The topological polar surface area (TPSA) is 129 Å². The Balaban J connectivity index is 1.13. The number of aromatic nitrogens is 3. The van der Waals surface area contributed by atoms with Crippen LogP contribution in [0.25, 0.3) is 10.9 Å². The van der Waals surface area contributed by atoms with Crippen LogP contribution in [0.2, 0.25) is 0 Å². The summed E-state index contributed by atoms with van der Waals surface area (Å²) in [4.78, 5) is 42.6. The van der Waals surface area contributed by atoms with Gasteiger partial charge in [0.2, 0.25) is 11.8 Å². The van der Waals surface area contributed by atoms with Crippen LogP contribution in [-0.2, 0) is 27.9 Å². The molecule has 3 N–H and O–H groups in total. The average molecular weight is 649 g/mol. The number of hydrogen-bond donors (Lipinski definition) is 3. The van der Waals surface area contributed by atoms with Gasteiger partial charge in [0, 0.05) is 55.1 Å². The van der Waals surface area contributed by atoms with E-state index < -0.39 is 23.4 Å². The van der Waals surface area contributed by atoms with Gasteiger partial charge in [-0.3, -0.25) is 34.3 Å². The van der Waals surface area contributed by atoms with E-state index >= 15 is 0 Å². The van der Waals surface area contributed by atoms with Crippen LogP contribution in [0.4, 0.5) is 18.9 Å². The number of nitrogens with zero attached hydrogens (tertiary/aromatic N) is 4. The molecule has 4 heterocycles. The van der Waals surface area contributed by atoms with Crippen molar-refractivity contribution < 1.29 is 32.7 Å². The highest BCUT2D eigenvalue weighted by molar-refractivity contribution is 6.05. The third kappa shape index (κ3) is 7.20. The van der Waals surface area contributed by atoms with Gasteiger partial charge in [0.15, 0.2) is 0 Å². The molecule has 0 radical (unpaired) electrons. The first-order chi connectivity index (χ1) is 22.2. The quantitative estimate of drug-likeness (QED) is 0.233. The molecule has 2 aliphatic rings. The number of benzene rings is 2. The summed E-state index contributed by atoms with van der Waals surface area (Å²) in [6.07, 6.45) is 0.720. The maximum Gasteiger partial charge on any atom is 0.433 e. The number of rotatable bonds is 7. The number of halogens is 3. The molecule has 0 saturated carbocycles. The van der Waals surface area contributed by atoms with Gasteiger partial charge in [-0.05, 0) is 68.5 Å². The normalized spacial score (nSPS) is 18.4. The van der Waals surface area contributed by atoms with Crippen LogP contribution in [0.3, 0.4) is 0 Å². The second-order valence-electron chi connectivity index (χ2n) is 12.8. The minimum Gasteiger partial charge on any atom is -0.386 e. The van der Waals surface area contributed by atoms with Gasteiger partial charge in [-0.2, -0.15) is 18.3 Å². The maximum atomic E-state index is 13.0. The number of imide groups is 1. The molecule has 2 saturated heterocycles. The number of pyridine rings is 1. The Labute approximate surface area is 269 Å². The van der Waals surface area contributed by atoms with E-state index in [0.29, 0.717) is 29.6 Å². The van der Waals surface area contributed by atoms with E-state index in [9.17, 15) is 32.7 Å². The molecule has 6 rings (SSSR count). The first-order valence-electron chi connectivity index (χ1n) is 15.5. The molecule has 0 aliphatic carbocycles. The minimum absolute atomic E-state index is 0.0510. The van der Waals surface area contributed by atoms with Crippen LogP contribution in [0, 0.1) is 0 Å². The smallest absolute Gasteiger partial charge is 0.386 e. The molecule has 0 bridgehead atoms. The van der Waals surface area contributed by atoms with E-state index in [1.54, 1.807) is 26.0 Å². The number of carbonyl (C=O) groups excluding carboxylic acids is 3. The Kier molecular flexibility index (Phi) is 8.62. The Morgan fingerprint density at radius 2 is 1.83 bits per heavy atom. The summed E-state index contributed by atoms with van der Waals surface area (Å²) >= 11 is 0. The zero-order valence-corrected chi connectivity index (χ0v) is 26.0. The van der Waals surface area contributed by atoms with Gasteiger partial charge in [-0.25, -0.2) is 0 Å². The van der Waals surface area contributed by atoms with Crippen molar-refractivity contribution in [2.75, 3.05) is 18.4 Å². The van der Waals surface area contributed by atoms with Crippen LogP contribution >= 0.6 is 0 Å².